The van der Waals surface area contributed by atoms with Gasteiger partial charge in [-0.1, -0.05) is 39.0 Å². The van der Waals surface area contributed by atoms with Gasteiger partial charge in [0, 0.05) is 7.11 Å². The Balaban J connectivity index is 2.31. The van der Waals surface area contributed by atoms with Gasteiger partial charge in [-0.05, 0) is 12.1 Å². The van der Waals surface area contributed by atoms with E-state index < -0.39 is 0 Å². The molecule has 0 aromatic rings. The number of hydrogen-bond acceptors (Lipinski definition) is 1. The first-order valence-corrected chi connectivity index (χ1v) is 4.91. The summed E-state index contributed by atoms with van der Waals surface area (Å²) in [5.74, 6) is 0.860. The lowest BCUT2D eigenvalue weighted by Gasteiger charge is -2.26. The monoisotopic (exact) mass is 154 g/mol. The third kappa shape index (κ3) is 2.51. The summed E-state index contributed by atoms with van der Waals surface area (Å²) >= 11 is 0. The fourth-order valence-electron chi connectivity index (χ4n) is 2.18. The molecule has 0 aromatic heterocycles. The molecule has 64 valence electrons. The van der Waals surface area contributed by atoms with Crippen LogP contribution in [0.5, 0.6) is 0 Å². The van der Waals surface area contributed by atoms with E-state index in [1.807, 2.05) is 7.11 Å². The van der Waals surface area contributed by atoms with Crippen molar-refractivity contribution in [2.45, 2.75) is 51.2 Å². The zero-order chi connectivity index (χ0) is 8.10. The molecule has 1 unspecified atom stereocenters. The highest BCUT2D eigenvalue weighted by atomic mass is 16.4. The van der Waals surface area contributed by atoms with Crippen molar-refractivity contribution in [3.8, 4) is 0 Å². The van der Waals surface area contributed by atoms with Crippen molar-refractivity contribution in [1.82, 2.24) is 0 Å². The SMILES string of the molecule is CCCC1CCCCB1OC. The largest absolute Gasteiger partial charge is 0.438 e. The second-order valence-corrected chi connectivity index (χ2v) is 3.61. The van der Waals surface area contributed by atoms with E-state index in [0.717, 1.165) is 5.82 Å². The molecule has 0 amide bonds. The zero-order valence-corrected chi connectivity index (χ0v) is 7.81. The maximum Gasteiger partial charge on any atom is 0.295 e. The van der Waals surface area contributed by atoms with E-state index in [-0.39, 0.29) is 0 Å². The van der Waals surface area contributed by atoms with Gasteiger partial charge in [0.25, 0.3) is 6.92 Å². The first kappa shape index (κ1) is 9.12. The average Bonchev–Trinajstić information content (AvgIpc) is 2.06. The van der Waals surface area contributed by atoms with Gasteiger partial charge >= 0.3 is 0 Å². The van der Waals surface area contributed by atoms with E-state index in [0.29, 0.717) is 6.92 Å². The second-order valence-electron chi connectivity index (χ2n) is 3.61. The number of hydrogen-bond donors (Lipinski definition) is 0. The molecular weight excluding hydrogens is 135 g/mol. The minimum absolute atomic E-state index is 0.573. The summed E-state index contributed by atoms with van der Waals surface area (Å²) in [7, 11) is 1.86. The highest BCUT2D eigenvalue weighted by molar-refractivity contribution is 6.53. The van der Waals surface area contributed by atoms with E-state index in [4.69, 9.17) is 4.65 Å². The molecule has 0 spiro atoms. The van der Waals surface area contributed by atoms with Crippen LogP contribution in [0.1, 0.15) is 39.0 Å². The molecule has 1 rings (SSSR count). The van der Waals surface area contributed by atoms with Gasteiger partial charge < -0.3 is 4.65 Å². The minimum atomic E-state index is 0.573. The predicted molar refractivity (Wildman–Crippen MR) is 50.1 cm³/mol. The molecule has 1 aliphatic heterocycles. The predicted octanol–water partition coefficient (Wildman–Crippen LogP) is 2.98. The van der Waals surface area contributed by atoms with Gasteiger partial charge in [0.2, 0.25) is 0 Å². The summed E-state index contributed by atoms with van der Waals surface area (Å²) in [5.41, 5.74) is 0. The Morgan fingerprint density at radius 3 is 2.91 bits per heavy atom. The normalized spacial score (nSPS) is 25.6. The molecule has 2 heteroatoms. The summed E-state index contributed by atoms with van der Waals surface area (Å²) in [6.45, 7) is 2.84. The Kier molecular flexibility index (Phi) is 3.99. The van der Waals surface area contributed by atoms with Crippen LogP contribution in [0.2, 0.25) is 12.1 Å². The fraction of sp³-hybridized carbons (Fsp3) is 1.00. The molecule has 1 heterocycles. The molecule has 1 fully saturated rings. The van der Waals surface area contributed by atoms with E-state index >= 15 is 0 Å². The highest BCUT2D eigenvalue weighted by Crippen LogP contribution is 2.32. The third-order valence-corrected chi connectivity index (χ3v) is 2.80. The Labute approximate surface area is 70.6 Å². The standard InChI is InChI=1S/C9H19BO/c1-3-6-9-7-4-5-8-10(9)11-2/h9H,3-8H2,1-2H3. The Morgan fingerprint density at radius 2 is 2.27 bits per heavy atom. The first-order valence-electron chi connectivity index (χ1n) is 4.91. The first-order chi connectivity index (χ1) is 5.38. The van der Waals surface area contributed by atoms with Crippen LogP contribution in [0.3, 0.4) is 0 Å². The van der Waals surface area contributed by atoms with E-state index in [1.165, 1.54) is 38.4 Å². The van der Waals surface area contributed by atoms with Crippen LogP contribution >= 0.6 is 0 Å². The van der Waals surface area contributed by atoms with Crippen LogP contribution in [0.15, 0.2) is 0 Å². The van der Waals surface area contributed by atoms with Crippen molar-refractivity contribution < 1.29 is 4.65 Å². The third-order valence-electron chi connectivity index (χ3n) is 2.80. The van der Waals surface area contributed by atoms with Crippen molar-refractivity contribution in [3.63, 3.8) is 0 Å². The van der Waals surface area contributed by atoms with Gasteiger partial charge in [-0.2, -0.15) is 0 Å². The summed E-state index contributed by atoms with van der Waals surface area (Å²) in [5, 5.41) is 0. The van der Waals surface area contributed by atoms with Crippen LogP contribution in [0, 0.1) is 0 Å². The molecule has 1 aliphatic rings. The average molecular weight is 154 g/mol. The Bertz CT molecular complexity index is 104. The molecule has 11 heavy (non-hydrogen) atoms. The van der Waals surface area contributed by atoms with Gasteiger partial charge in [-0.3, -0.25) is 0 Å². The summed E-state index contributed by atoms with van der Waals surface area (Å²) in [6.07, 6.45) is 8.15. The van der Waals surface area contributed by atoms with Crippen LogP contribution in [0.25, 0.3) is 0 Å². The summed E-state index contributed by atoms with van der Waals surface area (Å²) < 4.78 is 5.46. The van der Waals surface area contributed by atoms with Crippen LogP contribution in [-0.4, -0.2) is 14.0 Å². The smallest absolute Gasteiger partial charge is 0.295 e. The van der Waals surface area contributed by atoms with Crippen molar-refractivity contribution in [3.05, 3.63) is 0 Å². The van der Waals surface area contributed by atoms with E-state index in [2.05, 4.69) is 6.92 Å². The minimum Gasteiger partial charge on any atom is -0.438 e. The van der Waals surface area contributed by atoms with Gasteiger partial charge in [0.05, 0.1) is 0 Å². The fourth-order valence-corrected chi connectivity index (χ4v) is 2.18. The lowest BCUT2D eigenvalue weighted by molar-refractivity contribution is 0.379. The Morgan fingerprint density at radius 1 is 1.45 bits per heavy atom. The molecule has 0 bridgehead atoms. The summed E-state index contributed by atoms with van der Waals surface area (Å²) in [4.78, 5) is 0. The molecule has 0 radical (unpaired) electrons. The lowest BCUT2D eigenvalue weighted by Crippen LogP contribution is -2.26. The Hall–Kier alpha value is 0.0249. The van der Waals surface area contributed by atoms with Crippen LogP contribution < -0.4 is 0 Å². The van der Waals surface area contributed by atoms with Gasteiger partial charge in [0.15, 0.2) is 0 Å². The lowest BCUT2D eigenvalue weighted by atomic mass is 9.47. The maximum atomic E-state index is 5.46. The van der Waals surface area contributed by atoms with E-state index in [1.54, 1.807) is 0 Å². The number of rotatable bonds is 3. The van der Waals surface area contributed by atoms with Gasteiger partial charge in [0.1, 0.15) is 0 Å². The molecule has 1 nitrogen and oxygen atoms in total. The molecule has 1 saturated heterocycles. The summed E-state index contributed by atoms with van der Waals surface area (Å²) in [6, 6.07) is 0. The van der Waals surface area contributed by atoms with Crippen LogP contribution in [0.4, 0.5) is 0 Å². The van der Waals surface area contributed by atoms with Crippen molar-refractivity contribution in [1.29, 1.82) is 0 Å². The second kappa shape index (κ2) is 4.81. The molecule has 0 aromatic carbocycles. The van der Waals surface area contributed by atoms with Crippen molar-refractivity contribution in [2.24, 2.45) is 0 Å². The maximum absolute atomic E-state index is 5.46. The quantitative estimate of drug-likeness (QED) is 0.567. The van der Waals surface area contributed by atoms with Gasteiger partial charge in [-0.25, -0.2) is 0 Å². The van der Waals surface area contributed by atoms with Crippen molar-refractivity contribution >= 4 is 6.92 Å². The highest BCUT2D eigenvalue weighted by Gasteiger charge is 2.28. The molecule has 0 aliphatic carbocycles. The zero-order valence-electron chi connectivity index (χ0n) is 7.81. The van der Waals surface area contributed by atoms with Gasteiger partial charge in [-0.15, -0.1) is 0 Å². The molecular formula is C9H19BO. The molecule has 0 N–H and O–H groups in total. The topological polar surface area (TPSA) is 9.23 Å². The van der Waals surface area contributed by atoms with Crippen LogP contribution in [-0.2, 0) is 4.65 Å². The molecule has 1 atom stereocenters. The molecule has 0 saturated carbocycles. The van der Waals surface area contributed by atoms with E-state index in [9.17, 15) is 0 Å². The van der Waals surface area contributed by atoms with Crippen molar-refractivity contribution in [2.75, 3.05) is 7.11 Å².